The molecule has 2 aliphatic rings. The van der Waals surface area contributed by atoms with E-state index in [2.05, 4.69) is 32.7 Å². The Kier molecular flexibility index (Phi) is 4.67. The first-order chi connectivity index (χ1) is 14.0. The van der Waals surface area contributed by atoms with Gasteiger partial charge < -0.3 is 18.8 Å². The number of rotatable bonds is 5. The van der Waals surface area contributed by atoms with Gasteiger partial charge in [-0.1, -0.05) is 48.0 Å². The van der Waals surface area contributed by atoms with Crippen molar-refractivity contribution < 1.29 is 14.2 Å². The quantitative estimate of drug-likeness (QED) is 0.462. The zero-order valence-corrected chi connectivity index (χ0v) is 17.0. The molecule has 0 bridgehead atoms. The molecule has 6 nitrogen and oxygen atoms in total. The van der Waals surface area contributed by atoms with Crippen LogP contribution in [0, 0.1) is 0 Å². The van der Waals surface area contributed by atoms with E-state index in [0.29, 0.717) is 23.9 Å². The Morgan fingerprint density at radius 3 is 2.76 bits per heavy atom. The molecular weight excluding hydrogens is 390 g/mol. The maximum Gasteiger partial charge on any atom is 0.164 e. The summed E-state index contributed by atoms with van der Waals surface area (Å²) in [6.07, 6.45) is 5.35. The van der Waals surface area contributed by atoms with Crippen molar-refractivity contribution in [2.75, 3.05) is 6.61 Å². The van der Waals surface area contributed by atoms with Crippen LogP contribution < -0.4 is 0 Å². The Morgan fingerprint density at radius 1 is 1.10 bits per heavy atom. The highest BCUT2D eigenvalue weighted by molar-refractivity contribution is 6.33. The molecule has 1 aliphatic carbocycles. The van der Waals surface area contributed by atoms with Gasteiger partial charge in [-0.3, -0.25) is 0 Å². The van der Waals surface area contributed by atoms with Crippen molar-refractivity contribution in [1.29, 1.82) is 0 Å². The fourth-order valence-electron chi connectivity index (χ4n) is 4.13. The average Bonchev–Trinajstić information content (AvgIpc) is 3.35. The lowest BCUT2D eigenvalue weighted by Gasteiger charge is -2.22. The average molecular weight is 412 g/mol. The molecule has 3 aromatic rings. The summed E-state index contributed by atoms with van der Waals surface area (Å²) < 4.78 is 20.5. The zero-order valence-electron chi connectivity index (χ0n) is 16.3. The zero-order chi connectivity index (χ0) is 20.0. The van der Waals surface area contributed by atoms with E-state index < -0.39 is 5.79 Å². The molecule has 2 aromatic heterocycles. The summed E-state index contributed by atoms with van der Waals surface area (Å²) in [6, 6.07) is 12.0. The van der Waals surface area contributed by atoms with Crippen molar-refractivity contribution in [3.63, 3.8) is 0 Å². The maximum absolute atomic E-state index is 6.26. The summed E-state index contributed by atoms with van der Waals surface area (Å²) >= 11 is 6.21. The lowest BCUT2D eigenvalue weighted by atomic mass is 10.1. The smallest absolute Gasteiger partial charge is 0.164 e. The molecule has 1 aromatic carbocycles. The minimum Gasteiger partial charge on any atom is -0.372 e. The van der Waals surface area contributed by atoms with E-state index in [1.165, 1.54) is 0 Å². The van der Waals surface area contributed by atoms with Crippen LogP contribution in [0.3, 0.4) is 0 Å². The SMILES string of the molecule is CC1(C)O[C@@H]2[C@H](O1)C(COCc1ccccc1)=C[C@H]2n1cnc2c(Cl)nccc21. The van der Waals surface area contributed by atoms with Crippen LogP contribution in [0.4, 0.5) is 0 Å². The van der Waals surface area contributed by atoms with Crippen LogP contribution >= 0.6 is 11.6 Å². The number of benzene rings is 1. The van der Waals surface area contributed by atoms with Gasteiger partial charge in [-0.2, -0.15) is 0 Å². The summed E-state index contributed by atoms with van der Waals surface area (Å²) in [5.41, 5.74) is 3.84. The van der Waals surface area contributed by atoms with Gasteiger partial charge in [0.2, 0.25) is 0 Å². The highest BCUT2D eigenvalue weighted by Crippen LogP contribution is 2.44. The molecule has 1 aliphatic heterocycles. The Hall–Kier alpha value is -2.25. The summed E-state index contributed by atoms with van der Waals surface area (Å²) in [6.45, 7) is 4.93. The predicted octanol–water partition coefficient (Wildman–Crippen LogP) is 4.30. The molecule has 1 fully saturated rings. The molecule has 0 amide bonds. The second-order valence-electron chi connectivity index (χ2n) is 7.85. The summed E-state index contributed by atoms with van der Waals surface area (Å²) in [5.74, 6) is -0.651. The topological polar surface area (TPSA) is 58.4 Å². The third-order valence-corrected chi connectivity index (χ3v) is 5.64. The second kappa shape index (κ2) is 7.22. The van der Waals surface area contributed by atoms with Gasteiger partial charge in [0.25, 0.3) is 0 Å². The first-order valence-corrected chi connectivity index (χ1v) is 10.0. The van der Waals surface area contributed by atoms with Gasteiger partial charge in [-0.25, -0.2) is 9.97 Å². The Bertz CT molecular complexity index is 1060. The second-order valence-corrected chi connectivity index (χ2v) is 8.21. The number of halogens is 1. The van der Waals surface area contributed by atoms with E-state index >= 15 is 0 Å². The number of hydrogen-bond acceptors (Lipinski definition) is 5. The van der Waals surface area contributed by atoms with Crippen LogP contribution in [0.2, 0.25) is 5.15 Å². The minimum atomic E-state index is -0.651. The number of hydrogen-bond donors (Lipinski definition) is 0. The molecular formula is C22H22ClN3O3. The van der Waals surface area contributed by atoms with Gasteiger partial charge in [0.05, 0.1) is 31.1 Å². The molecule has 5 rings (SSSR count). The van der Waals surface area contributed by atoms with Crippen LogP contribution in [0.25, 0.3) is 11.0 Å². The number of ether oxygens (including phenoxy) is 3. The Labute approximate surface area is 174 Å². The van der Waals surface area contributed by atoms with Crippen molar-refractivity contribution in [3.8, 4) is 0 Å². The number of aromatic nitrogens is 3. The van der Waals surface area contributed by atoms with E-state index in [1.54, 1.807) is 12.5 Å². The first-order valence-electron chi connectivity index (χ1n) is 9.67. The molecule has 0 spiro atoms. The molecule has 0 saturated carbocycles. The lowest BCUT2D eigenvalue weighted by molar-refractivity contribution is -0.148. The van der Waals surface area contributed by atoms with Crippen LogP contribution in [0.5, 0.6) is 0 Å². The van der Waals surface area contributed by atoms with Crippen LogP contribution in [0.15, 0.2) is 60.6 Å². The predicted molar refractivity (Wildman–Crippen MR) is 110 cm³/mol. The van der Waals surface area contributed by atoms with E-state index in [-0.39, 0.29) is 18.2 Å². The van der Waals surface area contributed by atoms with Gasteiger partial charge in [-0.05, 0) is 31.1 Å². The van der Waals surface area contributed by atoms with E-state index in [4.69, 9.17) is 25.8 Å². The molecule has 1 saturated heterocycles. The van der Waals surface area contributed by atoms with Gasteiger partial charge in [0.1, 0.15) is 17.7 Å². The lowest BCUT2D eigenvalue weighted by Crippen LogP contribution is -2.28. The Balaban J connectivity index is 1.42. The number of nitrogens with zero attached hydrogens (tertiary/aromatic N) is 3. The highest BCUT2D eigenvalue weighted by atomic mass is 35.5. The van der Waals surface area contributed by atoms with Crippen LogP contribution in [-0.2, 0) is 20.8 Å². The van der Waals surface area contributed by atoms with Crippen molar-refractivity contribution in [2.24, 2.45) is 0 Å². The van der Waals surface area contributed by atoms with Crippen LogP contribution in [-0.4, -0.2) is 39.1 Å². The normalized spacial score (nSPS) is 25.3. The van der Waals surface area contributed by atoms with Crippen molar-refractivity contribution >= 4 is 22.6 Å². The van der Waals surface area contributed by atoms with E-state index in [0.717, 1.165) is 16.7 Å². The third kappa shape index (κ3) is 3.46. The summed E-state index contributed by atoms with van der Waals surface area (Å²) in [5, 5.41) is 0.398. The molecule has 29 heavy (non-hydrogen) atoms. The van der Waals surface area contributed by atoms with E-state index in [9.17, 15) is 0 Å². The minimum absolute atomic E-state index is 0.0550. The summed E-state index contributed by atoms with van der Waals surface area (Å²) in [7, 11) is 0. The Morgan fingerprint density at radius 2 is 1.93 bits per heavy atom. The van der Waals surface area contributed by atoms with E-state index in [1.807, 2.05) is 38.1 Å². The monoisotopic (exact) mass is 411 g/mol. The fraction of sp³-hybridized carbons (Fsp3) is 0.364. The standard InChI is InChI=1S/C22H22ClN3O3/c1-22(2)28-19-15(12-27-11-14-6-4-3-5-7-14)10-17(20(19)29-22)26-13-25-18-16(26)8-9-24-21(18)23/h3-10,13,17,19-20H,11-12H2,1-2H3/t17-,19-,20+/m1/s1. The molecule has 0 unspecified atom stereocenters. The number of pyridine rings is 1. The summed E-state index contributed by atoms with van der Waals surface area (Å²) in [4.78, 5) is 8.57. The van der Waals surface area contributed by atoms with Gasteiger partial charge in [0, 0.05) is 6.20 Å². The molecule has 0 N–H and O–H groups in total. The largest absolute Gasteiger partial charge is 0.372 e. The molecule has 7 heteroatoms. The van der Waals surface area contributed by atoms with Crippen molar-refractivity contribution in [1.82, 2.24) is 14.5 Å². The maximum atomic E-state index is 6.26. The molecule has 150 valence electrons. The number of fused-ring (bicyclic) bond motifs is 2. The molecule has 0 radical (unpaired) electrons. The molecule has 3 heterocycles. The van der Waals surface area contributed by atoms with Crippen molar-refractivity contribution in [3.05, 3.63) is 71.3 Å². The fourth-order valence-corrected chi connectivity index (χ4v) is 4.33. The first kappa shape index (κ1) is 18.8. The number of imidazole rings is 1. The highest BCUT2D eigenvalue weighted by Gasteiger charge is 2.50. The van der Waals surface area contributed by atoms with Crippen LogP contribution in [0.1, 0.15) is 25.5 Å². The third-order valence-electron chi connectivity index (χ3n) is 5.37. The van der Waals surface area contributed by atoms with Gasteiger partial charge in [-0.15, -0.1) is 0 Å². The van der Waals surface area contributed by atoms with Gasteiger partial charge in [0.15, 0.2) is 10.9 Å². The van der Waals surface area contributed by atoms with Crippen molar-refractivity contribution in [2.45, 2.75) is 44.5 Å². The van der Waals surface area contributed by atoms with Gasteiger partial charge >= 0.3 is 0 Å². The molecule has 3 atom stereocenters.